The maximum absolute atomic E-state index is 4.29. The van der Waals surface area contributed by atoms with Gasteiger partial charge in [-0.05, 0) is 28.8 Å². The number of hydrogen-bond acceptors (Lipinski definition) is 2. The number of rotatable bonds is 1. The second kappa shape index (κ2) is 3.11. The van der Waals surface area contributed by atoms with Crippen LogP contribution in [0.1, 0.15) is 11.1 Å². The average molecular weight is 194 g/mol. The highest BCUT2D eigenvalue weighted by Crippen LogP contribution is 2.29. The van der Waals surface area contributed by atoms with Crippen molar-refractivity contribution >= 4 is 34.1 Å². The van der Waals surface area contributed by atoms with Gasteiger partial charge in [0.05, 0.1) is 0 Å². The van der Waals surface area contributed by atoms with E-state index in [0.29, 0.717) is 0 Å². The highest BCUT2D eigenvalue weighted by Gasteiger charge is 2.02. The van der Waals surface area contributed by atoms with Crippen LogP contribution >= 0.6 is 24.0 Å². The normalized spacial score (nSPS) is 10.8. The van der Waals surface area contributed by atoms with Gasteiger partial charge in [-0.1, -0.05) is 18.2 Å². The molecule has 1 heterocycles. The van der Waals surface area contributed by atoms with Gasteiger partial charge in [-0.25, -0.2) is 0 Å². The van der Waals surface area contributed by atoms with Gasteiger partial charge in [0.2, 0.25) is 0 Å². The second-order valence-corrected chi connectivity index (χ2v) is 4.07. The first-order chi connectivity index (χ1) is 5.83. The summed E-state index contributed by atoms with van der Waals surface area (Å²) in [6.45, 7) is 2.15. The van der Waals surface area contributed by atoms with Crippen LogP contribution in [-0.2, 0) is 5.75 Å². The molecular formula is C10H10S2. The van der Waals surface area contributed by atoms with Crippen molar-refractivity contribution in [2.45, 2.75) is 12.7 Å². The molecule has 2 heteroatoms. The van der Waals surface area contributed by atoms with Gasteiger partial charge in [-0.2, -0.15) is 12.6 Å². The van der Waals surface area contributed by atoms with Gasteiger partial charge >= 0.3 is 0 Å². The number of hydrogen-bond donors (Lipinski definition) is 1. The van der Waals surface area contributed by atoms with Crippen molar-refractivity contribution in [2.24, 2.45) is 0 Å². The molecule has 1 aromatic carbocycles. The number of aryl methyl sites for hydroxylation is 1. The molecule has 12 heavy (non-hydrogen) atoms. The van der Waals surface area contributed by atoms with Crippen molar-refractivity contribution in [3.05, 3.63) is 34.7 Å². The predicted molar refractivity (Wildman–Crippen MR) is 59.3 cm³/mol. The molecular weight excluding hydrogens is 184 g/mol. The van der Waals surface area contributed by atoms with Crippen molar-refractivity contribution < 1.29 is 0 Å². The first kappa shape index (κ1) is 8.14. The molecule has 2 aromatic rings. The third kappa shape index (κ3) is 1.15. The summed E-state index contributed by atoms with van der Waals surface area (Å²) >= 11 is 6.11. The smallest absolute Gasteiger partial charge is 0.0375 e. The van der Waals surface area contributed by atoms with Crippen LogP contribution < -0.4 is 0 Å². The van der Waals surface area contributed by atoms with Crippen LogP contribution in [0.3, 0.4) is 0 Å². The standard InChI is InChI=1S/C10H10S2/c1-7-3-2-4-9-8(5-11)6-12-10(7)9/h2-4,6,11H,5H2,1H3. The first-order valence-electron chi connectivity index (χ1n) is 3.89. The maximum Gasteiger partial charge on any atom is 0.0375 e. The molecule has 0 bridgehead atoms. The van der Waals surface area contributed by atoms with E-state index in [4.69, 9.17) is 0 Å². The van der Waals surface area contributed by atoms with Crippen molar-refractivity contribution in [1.29, 1.82) is 0 Å². The number of fused-ring (bicyclic) bond motifs is 1. The summed E-state index contributed by atoms with van der Waals surface area (Å²) in [5, 5.41) is 3.57. The van der Waals surface area contributed by atoms with Crippen LogP contribution in [0, 0.1) is 6.92 Å². The van der Waals surface area contributed by atoms with Crippen molar-refractivity contribution in [1.82, 2.24) is 0 Å². The van der Waals surface area contributed by atoms with Gasteiger partial charge in [0.1, 0.15) is 0 Å². The minimum Gasteiger partial charge on any atom is -0.174 e. The van der Waals surface area contributed by atoms with E-state index >= 15 is 0 Å². The Bertz CT molecular complexity index is 401. The molecule has 0 spiro atoms. The molecule has 0 unspecified atom stereocenters. The van der Waals surface area contributed by atoms with Crippen LogP contribution in [0.15, 0.2) is 23.6 Å². The summed E-state index contributed by atoms with van der Waals surface area (Å²) in [4.78, 5) is 0. The van der Waals surface area contributed by atoms with Gasteiger partial charge < -0.3 is 0 Å². The number of thiol groups is 1. The lowest BCUT2D eigenvalue weighted by molar-refractivity contribution is 1.51. The van der Waals surface area contributed by atoms with E-state index in [0.717, 1.165) is 5.75 Å². The van der Waals surface area contributed by atoms with Gasteiger partial charge in [-0.3, -0.25) is 0 Å². The van der Waals surface area contributed by atoms with E-state index in [1.54, 1.807) is 0 Å². The Morgan fingerprint density at radius 2 is 2.25 bits per heavy atom. The summed E-state index contributed by atoms with van der Waals surface area (Å²) < 4.78 is 1.40. The molecule has 0 aliphatic carbocycles. The third-order valence-corrected chi connectivity index (χ3v) is 3.57. The van der Waals surface area contributed by atoms with E-state index in [9.17, 15) is 0 Å². The zero-order valence-electron chi connectivity index (χ0n) is 6.87. The van der Waals surface area contributed by atoms with E-state index < -0.39 is 0 Å². The fourth-order valence-corrected chi connectivity index (χ4v) is 2.81. The van der Waals surface area contributed by atoms with Gasteiger partial charge in [-0.15, -0.1) is 11.3 Å². The van der Waals surface area contributed by atoms with Crippen molar-refractivity contribution in [3.63, 3.8) is 0 Å². The highest BCUT2D eigenvalue weighted by atomic mass is 32.1. The molecule has 2 rings (SSSR count). The Morgan fingerprint density at radius 1 is 1.42 bits per heavy atom. The summed E-state index contributed by atoms with van der Waals surface area (Å²) in [5.41, 5.74) is 2.72. The molecule has 0 aliphatic heterocycles. The second-order valence-electron chi connectivity index (χ2n) is 2.87. The number of thiophene rings is 1. The zero-order valence-corrected chi connectivity index (χ0v) is 8.58. The molecule has 0 radical (unpaired) electrons. The lowest BCUT2D eigenvalue weighted by Gasteiger charge is -1.95. The minimum absolute atomic E-state index is 0.837. The van der Waals surface area contributed by atoms with Crippen LogP contribution in [0.5, 0.6) is 0 Å². The molecule has 0 atom stereocenters. The molecule has 0 fully saturated rings. The topological polar surface area (TPSA) is 0 Å². The quantitative estimate of drug-likeness (QED) is 0.658. The fraction of sp³-hybridized carbons (Fsp3) is 0.200. The van der Waals surface area contributed by atoms with Gasteiger partial charge in [0.15, 0.2) is 0 Å². The lowest BCUT2D eigenvalue weighted by atomic mass is 10.1. The maximum atomic E-state index is 4.29. The molecule has 62 valence electrons. The molecule has 0 saturated carbocycles. The predicted octanol–water partition coefficient (Wildman–Crippen LogP) is 3.64. The molecule has 0 amide bonds. The molecule has 0 nitrogen and oxygen atoms in total. The largest absolute Gasteiger partial charge is 0.174 e. The highest BCUT2D eigenvalue weighted by molar-refractivity contribution is 7.79. The number of benzene rings is 1. The van der Waals surface area contributed by atoms with Crippen molar-refractivity contribution in [3.8, 4) is 0 Å². The van der Waals surface area contributed by atoms with E-state index in [1.807, 2.05) is 11.3 Å². The Hall–Kier alpha value is -0.470. The summed E-state index contributed by atoms with van der Waals surface area (Å²) in [7, 11) is 0. The molecule has 1 aromatic heterocycles. The van der Waals surface area contributed by atoms with Crippen LogP contribution in [0.4, 0.5) is 0 Å². The lowest BCUT2D eigenvalue weighted by Crippen LogP contribution is -1.74. The monoisotopic (exact) mass is 194 g/mol. The molecule has 0 saturated heterocycles. The molecule has 0 aliphatic rings. The zero-order chi connectivity index (χ0) is 8.55. The third-order valence-electron chi connectivity index (χ3n) is 2.05. The van der Waals surface area contributed by atoms with E-state index in [-0.39, 0.29) is 0 Å². The van der Waals surface area contributed by atoms with Gasteiger partial charge in [0, 0.05) is 10.5 Å². The van der Waals surface area contributed by atoms with Crippen LogP contribution in [0.2, 0.25) is 0 Å². The molecule has 0 N–H and O–H groups in total. The summed E-state index contributed by atoms with van der Waals surface area (Å²) in [6.07, 6.45) is 0. The Morgan fingerprint density at radius 3 is 3.00 bits per heavy atom. The summed E-state index contributed by atoms with van der Waals surface area (Å²) in [5.74, 6) is 0.837. The van der Waals surface area contributed by atoms with E-state index in [2.05, 4.69) is 43.1 Å². The Balaban J connectivity index is 2.80. The van der Waals surface area contributed by atoms with Crippen LogP contribution in [-0.4, -0.2) is 0 Å². The fourth-order valence-electron chi connectivity index (χ4n) is 1.38. The van der Waals surface area contributed by atoms with Crippen molar-refractivity contribution in [2.75, 3.05) is 0 Å². The Labute approximate surface area is 81.6 Å². The minimum atomic E-state index is 0.837. The first-order valence-corrected chi connectivity index (χ1v) is 5.40. The van der Waals surface area contributed by atoms with Gasteiger partial charge in [0.25, 0.3) is 0 Å². The van der Waals surface area contributed by atoms with E-state index in [1.165, 1.54) is 21.2 Å². The Kier molecular flexibility index (Phi) is 2.11. The van der Waals surface area contributed by atoms with Crippen LogP contribution in [0.25, 0.3) is 10.1 Å². The summed E-state index contributed by atoms with van der Waals surface area (Å²) in [6, 6.07) is 6.43. The average Bonchev–Trinajstić information content (AvgIpc) is 2.49. The SMILES string of the molecule is Cc1cccc2c(CS)csc12.